The zero-order valence-corrected chi connectivity index (χ0v) is 10.9. The first kappa shape index (κ1) is 12.5. The average molecular weight is 266 g/mol. The lowest BCUT2D eigenvalue weighted by Crippen LogP contribution is -1.80. The van der Waals surface area contributed by atoms with E-state index in [9.17, 15) is 0 Å². The highest BCUT2D eigenvalue weighted by molar-refractivity contribution is 9.10. The van der Waals surface area contributed by atoms with Crippen molar-refractivity contribution in [3.63, 3.8) is 0 Å². The summed E-state index contributed by atoms with van der Waals surface area (Å²) in [5, 5.41) is 0. The lowest BCUT2D eigenvalue weighted by atomic mass is 10.1. The first-order valence-electron chi connectivity index (χ1n) is 5.50. The van der Waals surface area contributed by atoms with E-state index < -0.39 is 0 Å². The van der Waals surface area contributed by atoms with Crippen LogP contribution in [-0.4, -0.2) is 0 Å². The summed E-state index contributed by atoms with van der Waals surface area (Å²) < 4.78 is 1.12. The molecule has 0 atom stereocenters. The summed E-state index contributed by atoms with van der Waals surface area (Å²) in [5.41, 5.74) is 2.45. The van der Waals surface area contributed by atoms with Crippen LogP contribution in [0.1, 0.15) is 38.2 Å². The van der Waals surface area contributed by atoms with Gasteiger partial charge in [0.25, 0.3) is 0 Å². The van der Waals surface area contributed by atoms with Gasteiger partial charge in [-0.1, -0.05) is 59.5 Å². The Morgan fingerprint density at radius 1 is 1.40 bits per heavy atom. The minimum absolute atomic E-state index is 1.11. The fraction of sp³-hybridized carbons (Fsp3) is 0.357. The zero-order chi connectivity index (χ0) is 11.1. The topological polar surface area (TPSA) is 0 Å². The highest BCUT2D eigenvalue weighted by Gasteiger charge is 1.93. The maximum absolute atomic E-state index is 4.08. The van der Waals surface area contributed by atoms with Crippen molar-refractivity contribution in [3.05, 3.63) is 46.8 Å². The second-order valence-corrected chi connectivity index (χ2v) is 4.73. The smallest absolute Gasteiger partial charge is 0.0181 e. The summed E-state index contributed by atoms with van der Waals surface area (Å²) >= 11 is 3.47. The van der Waals surface area contributed by atoms with Crippen LogP contribution < -0.4 is 0 Å². The molecule has 0 saturated heterocycles. The van der Waals surface area contributed by atoms with Crippen molar-refractivity contribution in [2.45, 2.75) is 32.6 Å². The normalized spacial score (nSPS) is 11.8. The Morgan fingerprint density at radius 2 is 2.20 bits per heavy atom. The fourth-order valence-electron chi connectivity index (χ4n) is 1.51. The molecule has 0 aliphatic carbocycles. The molecule has 1 aromatic rings. The van der Waals surface area contributed by atoms with Gasteiger partial charge in [-0.2, -0.15) is 0 Å². The molecule has 0 unspecified atom stereocenters. The molecule has 0 aliphatic heterocycles. The fourth-order valence-corrected chi connectivity index (χ4v) is 1.92. The first-order chi connectivity index (χ1) is 7.22. The van der Waals surface area contributed by atoms with E-state index >= 15 is 0 Å². The monoisotopic (exact) mass is 265 g/mol. The van der Waals surface area contributed by atoms with Crippen LogP contribution in [0, 0.1) is 6.92 Å². The van der Waals surface area contributed by atoms with Crippen molar-refractivity contribution in [2.75, 3.05) is 0 Å². The second kappa shape index (κ2) is 6.84. The molecule has 0 saturated carbocycles. The van der Waals surface area contributed by atoms with Gasteiger partial charge in [0.05, 0.1) is 0 Å². The average Bonchev–Trinajstić information content (AvgIpc) is 2.18. The molecule has 0 spiro atoms. The molecule has 1 radical (unpaired) electrons. The molecule has 0 bridgehead atoms. The molecule has 15 heavy (non-hydrogen) atoms. The van der Waals surface area contributed by atoms with Crippen LogP contribution in [0.25, 0.3) is 6.08 Å². The highest BCUT2D eigenvalue weighted by Crippen LogP contribution is 2.16. The molecular weight excluding hydrogens is 248 g/mol. The highest BCUT2D eigenvalue weighted by atomic mass is 79.9. The van der Waals surface area contributed by atoms with Crippen molar-refractivity contribution in [1.29, 1.82) is 0 Å². The van der Waals surface area contributed by atoms with E-state index in [4.69, 9.17) is 0 Å². The molecule has 1 aromatic carbocycles. The van der Waals surface area contributed by atoms with Gasteiger partial charge in [0.1, 0.15) is 0 Å². The Bertz CT molecular complexity index is 326. The van der Waals surface area contributed by atoms with Gasteiger partial charge >= 0.3 is 0 Å². The Hall–Kier alpha value is -0.560. The van der Waals surface area contributed by atoms with Crippen molar-refractivity contribution < 1.29 is 0 Å². The third-order valence-electron chi connectivity index (χ3n) is 2.32. The van der Waals surface area contributed by atoms with Gasteiger partial charge in [0, 0.05) is 4.47 Å². The minimum atomic E-state index is 1.11. The van der Waals surface area contributed by atoms with Crippen LogP contribution in [-0.2, 0) is 0 Å². The number of hydrogen-bond acceptors (Lipinski definition) is 0. The van der Waals surface area contributed by atoms with Crippen LogP contribution >= 0.6 is 15.9 Å². The number of rotatable bonds is 5. The van der Waals surface area contributed by atoms with Crippen molar-refractivity contribution >= 4 is 22.0 Å². The Labute approximate surface area is 102 Å². The third kappa shape index (κ3) is 5.17. The number of hydrogen-bond donors (Lipinski definition) is 0. The van der Waals surface area contributed by atoms with E-state index in [2.05, 4.69) is 54.1 Å². The van der Waals surface area contributed by atoms with Crippen LogP contribution in [0.5, 0.6) is 0 Å². The van der Waals surface area contributed by atoms with Crippen molar-refractivity contribution in [3.8, 4) is 0 Å². The van der Waals surface area contributed by atoms with Crippen molar-refractivity contribution in [2.24, 2.45) is 0 Å². The van der Waals surface area contributed by atoms with Gasteiger partial charge in [-0.25, -0.2) is 0 Å². The van der Waals surface area contributed by atoms with Gasteiger partial charge in [-0.05, 0) is 37.5 Å². The van der Waals surface area contributed by atoms with Gasteiger partial charge in [-0.15, -0.1) is 0 Å². The van der Waals surface area contributed by atoms with E-state index in [1.54, 1.807) is 0 Å². The minimum Gasteiger partial charge on any atom is -0.0693 e. The summed E-state index contributed by atoms with van der Waals surface area (Å²) in [6.45, 7) is 6.30. The lowest BCUT2D eigenvalue weighted by molar-refractivity contribution is 0.720. The molecule has 0 heterocycles. The van der Waals surface area contributed by atoms with Crippen molar-refractivity contribution in [1.82, 2.24) is 0 Å². The molecule has 0 aliphatic rings. The molecule has 0 nitrogen and oxygen atoms in total. The number of allylic oxidation sites excluding steroid dienone is 1. The lowest BCUT2D eigenvalue weighted by Gasteiger charge is -2.01. The van der Waals surface area contributed by atoms with E-state index in [1.807, 2.05) is 6.07 Å². The summed E-state index contributed by atoms with van der Waals surface area (Å²) in [7, 11) is 0. The summed E-state index contributed by atoms with van der Waals surface area (Å²) in [4.78, 5) is 0. The van der Waals surface area contributed by atoms with Gasteiger partial charge < -0.3 is 0 Å². The standard InChI is InChI=1S/C14H18Br/c1-3-4-5-7-12(2)10-13-8-6-9-14(15)11-13/h6,8-11H,2-5,7H2,1H3. The third-order valence-corrected chi connectivity index (χ3v) is 2.81. The molecular formula is C14H18Br. The maximum Gasteiger partial charge on any atom is 0.0181 e. The van der Waals surface area contributed by atoms with Gasteiger partial charge in [0.15, 0.2) is 0 Å². The first-order valence-corrected chi connectivity index (χ1v) is 6.29. The predicted molar refractivity (Wildman–Crippen MR) is 71.6 cm³/mol. The molecule has 81 valence electrons. The Kier molecular flexibility index (Phi) is 5.70. The molecule has 0 fully saturated rings. The SMILES string of the molecule is [CH2]C(=Cc1cccc(Br)c1)CCCCC. The molecule has 1 rings (SSSR count). The van der Waals surface area contributed by atoms with Gasteiger partial charge in [-0.3, -0.25) is 0 Å². The molecule has 0 amide bonds. The van der Waals surface area contributed by atoms with Gasteiger partial charge in [0.2, 0.25) is 0 Å². The van der Waals surface area contributed by atoms with Crippen LogP contribution in [0.3, 0.4) is 0 Å². The molecule has 0 aromatic heterocycles. The Balaban J connectivity index is 2.54. The number of unbranched alkanes of at least 4 members (excludes halogenated alkanes) is 2. The quantitative estimate of drug-likeness (QED) is 0.639. The number of halogens is 1. The summed E-state index contributed by atoms with van der Waals surface area (Å²) in [5.74, 6) is 0. The number of benzene rings is 1. The Morgan fingerprint density at radius 3 is 2.87 bits per heavy atom. The van der Waals surface area contributed by atoms with E-state index in [1.165, 1.54) is 30.4 Å². The van der Waals surface area contributed by atoms with Crippen LogP contribution in [0.4, 0.5) is 0 Å². The van der Waals surface area contributed by atoms with Crippen LogP contribution in [0.15, 0.2) is 34.3 Å². The van der Waals surface area contributed by atoms with E-state index in [0.717, 1.165) is 10.9 Å². The summed E-state index contributed by atoms with van der Waals surface area (Å²) in [6, 6.07) is 8.31. The second-order valence-electron chi connectivity index (χ2n) is 3.81. The largest absolute Gasteiger partial charge is 0.0693 e. The van der Waals surface area contributed by atoms with E-state index in [-0.39, 0.29) is 0 Å². The van der Waals surface area contributed by atoms with Crippen LogP contribution in [0.2, 0.25) is 0 Å². The molecule has 0 N–H and O–H groups in total. The predicted octanol–water partition coefficient (Wildman–Crippen LogP) is 5.25. The molecule has 1 heteroatoms. The summed E-state index contributed by atoms with van der Waals surface area (Å²) in [6.07, 6.45) is 7.09. The van der Waals surface area contributed by atoms with E-state index in [0.29, 0.717) is 0 Å². The zero-order valence-electron chi connectivity index (χ0n) is 9.30. The maximum atomic E-state index is 4.08.